The van der Waals surface area contributed by atoms with Crippen molar-refractivity contribution in [3.8, 4) is 0 Å². The Labute approximate surface area is 58.6 Å². The molecule has 0 unspecified atom stereocenters. The highest BCUT2D eigenvalue weighted by Crippen LogP contribution is 2.15. The Morgan fingerprint density at radius 1 is 1.60 bits per heavy atom. The van der Waals surface area contributed by atoms with Crippen LogP contribution in [0.15, 0.2) is 0 Å². The average Bonchev–Trinajstić information content (AvgIpc) is 1.94. The van der Waals surface area contributed by atoms with Gasteiger partial charge >= 0.3 is 0 Å². The van der Waals surface area contributed by atoms with Gasteiger partial charge in [-0.1, -0.05) is 0 Å². The van der Waals surface area contributed by atoms with Crippen molar-refractivity contribution in [3.63, 3.8) is 0 Å². The lowest BCUT2D eigenvalue weighted by atomic mass is 10.4. The topological polar surface area (TPSA) is 21.3 Å². The lowest BCUT2D eigenvalue weighted by Gasteiger charge is -2.11. The van der Waals surface area contributed by atoms with Gasteiger partial charge in [0.15, 0.2) is 0 Å². The van der Waals surface area contributed by atoms with Crippen molar-refractivity contribution < 1.29 is 13.5 Å². The van der Waals surface area contributed by atoms with Crippen LogP contribution in [0.2, 0.25) is 0 Å². The van der Waals surface area contributed by atoms with Crippen LogP contribution in [-0.2, 0) is 4.74 Å². The third-order valence-corrected chi connectivity index (χ3v) is 1.39. The number of alkyl halides is 2. The fourth-order valence-electron chi connectivity index (χ4n) is 0.832. The van der Waals surface area contributed by atoms with Gasteiger partial charge in [-0.25, -0.2) is 8.78 Å². The zero-order chi connectivity index (χ0) is 7.61. The molecule has 1 aliphatic rings. The van der Waals surface area contributed by atoms with Crippen LogP contribution in [-0.4, -0.2) is 31.7 Å². The van der Waals surface area contributed by atoms with Gasteiger partial charge < -0.3 is 10.1 Å². The average molecular weight is 151 g/mol. The van der Waals surface area contributed by atoms with Gasteiger partial charge in [0.2, 0.25) is 0 Å². The number of ether oxygens (including phenoxy) is 1. The van der Waals surface area contributed by atoms with Gasteiger partial charge in [-0.3, -0.25) is 0 Å². The summed E-state index contributed by atoms with van der Waals surface area (Å²) in [4.78, 5) is 0. The second-order valence-corrected chi connectivity index (χ2v) is 2.61. The smallest absolute Gasteiger partial charge is 0.283 e. The van der Waals surface area contributed by atoms with E-state index >= 15 is 0 Å². The van der Waals surface area contributed by atoms with Crippen molar-refractivity contribution in [2.45, 2.75) is 19.0 Å². The summed E-state index contributed by atoms with van der Waals surface area (Å²) in [5.74, 6) is -2.69. The predicted octanol–water partition coefficient (Wildman–Crippen LogP) is 0.630. The molecule has 0 aromatic rings. The fourth-order valence-corrected chi connectivity index (χ4v) is 0.832. The van der Waals surface area contributed by atoms with E-state index in [0.29, 0.717) is 6.54 Å². The molecule has 0 saturated carbocycles. The Kier molecular flexibility index (Phi) is 2.21. The molecule has 4 heteroatoms. The van der Waals surface area contributed by atoms with Crippen LogP contribution in [0.1, 0.15) is 6.92 Å². The van der Waals surface area contributed by atoms with Crippen molar-refractivity contribution in [1.29, 1.82) is 0 Å². The molecule has 0 aliphatic carbocycles. The summed E-state index contributed by atoms with van der Waals surface area (Å²) in [7, 11) is 0. The van der Waals surface area contributed by atoms with Crippen LogP contribution >= 0.6 is 0 Å². The predicted molar refractivity (Wildman–Crippen MR) is 33.2 cm³/mol. The van der Waals surface area contributed by atoms with Crippen LogP contribution in [0.25, 0.3) is 0 Å². The summed E-state index contributed by atoms with van der Waals surface area (Å²) in [6.07, 6.45) is -0.103. The van der Waals surface area contributed by atoms with Crippen LogP contribution in [0.5, 0.6) is 0 Å². The van der Waals surface area contributed by atoms with Gasteiger partial charge in [-0.2, -0.15) is 0 Å². The summed E-state index contributed by atoms with van der Waals surface area (Å²) < 4.78 is 29.7. The molecule has 1 atom stereocenters. The molecule has 60 valence electrons. The molecule has 1 aliphatic heterocycles. The number of hydrogen-bond acceptors (Lipinski definition) is 2. The third-order valence-electron chi connectivity index (χ3n) is 1.39. The SMILES string of the molecule is C[C@@H]1CNCC(F)(F)CO1. The molecule has 0 aromatic heterocycles. The first kappa shape index (κ1) is 7.88. The van der Waals surface area contributed by atoms with Crippen molar-refractivity contribution in [2.24, 2.45) is 0 Å². The Morgan fingerprint density at radius 3 is 3.00 bits per heavy atom. The van der Waals surface area contributed by atoms with Gasteiger partial charge in [0.25, 0.3) is 5.92 Å². The van der Waals surface area contributed by atoms with Gasteiger partial charge in [-0.05, 0) is 6.92 Å². The van der Waals surface area contributed by atoms with Crippen LogP contribution in [0.3, 0.4) is 0 Å². The van der Waals surface area contributed by atoms with E-state index in [9.17, 15) is 8.78 Å². The Bertz CT molecular complexity index is 118. The maximum atomic E-state index is 12.5. The number of hydrogen-bond donors (Lipinski definition) is 1. The molecule has 1 fully saturated rings. The second-order valence-electron chi connectivity index (χ2n) is 2.61. The Hall–Kier alpha value is -0.220. The van der Waals surface area contributed by atoms with Gasteiger partial charge in [0, 0.05) is 6.54 Å². The summed E-state index contributed by atoms with van der Waals surface area (Å²) in [6, 6.07) is 0. The van der Waals surface area contributed by atoms with Crippen molar-refractivity contribution in [1.82, 2.24) is 5.32 Å². The maximum absolute atomic E-state index is 12.5. The third kappa shape index (κ3) is 2.19. The molecule has 0 aromatic carbocycles. The first-order valence-corrected chi connectivity index (χ1v) is 3.30. The van der Waals surface area contributed by atoms with Crippen LogP contribution in [0.4, 0.5) is 8.78 Å². The second kappa shape index (κ2) is 2.80. The van der Waals surface area contributed by atoms with Gasteiger partial charge in [0.05, 0.1) is 12.6 Å². The Balaban J connectivity index is 2.41. The molecule has 10 heavy (non-hydrogen) atoms. The van der Waals surface area contributed by atoms with E-state index in [2.05, 4.69) is 5.32 Å². The minimum absolute atomic E-state index is 0.103. The standard InChI is InChI=1S/C6H11F2NO/c1-5-2-9-3-6(7,8)4-10-5/h5,9H,2-4H2,1H3/t5-/m1/s1. The van der Waals surface area contributed by atoms with Crippen LogP contribution in [0, 0.1) is 0 Å². The van der Waals surface area contributed by atoms with Crippen molar-refractivity contribution in [2.75, 3.05) is 19.7 Å². The number of halogens is 2. The lowest BCUT2D eigenvalue weighted by Crippen LogP contribution is -2.33. The van der Waals surface area contributed by atoms with E-state index in [-0.39, 0.29) is 12.6 Å². The van der Waals surface area contributed by atoms with Crippen molar-refractivity contribution >= 4 is 0 Å². The van der Waals surface area contributed by atoms with E-state index < -0.39 is 12.5 Å². The highest BCUT2D eigenvalue weighted by atomic mass is 19.3. The van der Waals surface area contributed by atoms with E-state index in [1.165, 1.54) is 0 Å². The normalized spacial score (nSPS) is 33.3. The molecule has 2 nitrogen and oxygen atoms in total. The molecule has 1 rings (SSSR count). The van der Waals surface area contributed by atoms with Crippen molar-refractivity contribution in [3.05, 3.63) is 0 Å². The summed E-state index contributed by atoms with van der Waals surface area (Å²) >= 11 is 0. The van der Waals surface area contributed by atoms with E-state index in [1.807, 2.05) is 0 Å². The molecule has 1 saturated heterocycles. The van der Waals surface area contributed by atoms with Gasteiger partial charge in [-0.15, -0.1) is 0 Å². The summed E-state index contributed by atoms with van der Waals surface area (Å²) in [6.45, 7) is 1.56. The summed E-state index contributed by atoms with van der Waals surface area (Å²) in [5.41, 5.74) is 0. The van der Waals surface area contributed by atoms with Gasteiger partial charge in [0.1, 0.15) is 6.61 Å². The van der Waals surface area contributed by atoms with E-state index in [0.717, 1.165) is 0 Å². The van der Waals surface area contributed by atoms with E-state index in [4.69, 9.17) is 4.74 Å². The minimum atomic E-state index is -2.69. The van der Waals surface area contributed by atoms with E-state index in [1.54, 1.807) is 6.92 Å². The maximum Gasteiger partial charge on any atom is 0.283 e. The molecule has 1 N–H and O–H groups in total. The molecule has 1 heterocycles. The molecule has 0 radical (unpaired) electrons. The zero-order valence-electron chi connectivity index (χ0n) is 5.86. The molecule has 0 bridgehead atoms. The number of nitrogens with one attached hydrogen (secondary N) is 1. The summed E-state index contributed by atoms with van der Waals surface area (Å²) in [5, 5.41) is 2.61. The number of rotatable bonds is 0. The minimum Gasteiger partial charge on any atom is -0.371 e. The molecule has 0 spiro atoms. The molecular formula is C6H11F2NO. The van der Waals surface area contributed by atoms with Crippen LogP contribution < -0.4 is 5.32 Å². The lowest BCUT2D eigenvalue weighted by molar-refractivity contribution is -0.0739. The molecule has 0 amide bonds. The first-order valence-electron chi connectivity index (χ1n) is 3.30. The Morgan fingerprint density at radius 2 is 2.30 bits per heavy atom. The zero-order valence-corrected chi connectivity index (χ0v) is 5.86. The molecular weight excluding hydrogens is 140 g/mol. The highest BCUT2D eigenvalue weighted by Gasteiger charge is 2.31. The fraction of sp³-hybridized carbons (Fsp3) is 1.00. The highest BCUT2D eigenvalue weighted by molar-refractivity contribution is 4.74. The quantitative estimate of drug-likeness (QED) is 0.548. The monoisotopic (exact) mass is 151 g/mol. The largest absolute Gasteiger partial charge is 0.371 e. The first-order chi connectivity index (χ1) is 4.60.